The maximum atomic E-state index is 5.65. The van der Waals surface area contributed by atoms with Crippen molar-refractivity contribution in [2.75, 3.05) is 32.2 Å². The largest absolute Gasteiger partial charge is 0.490 e. The highest BCUT2D eigenvalue weighted by Crippen LogP contribution is 2.30. The molecule has 0 fully saturated rings. The smallest absolute Gasteiger partial charge is 0.161 e. The summed E-state index contributed by atoms with van der Waals surface area (Å²) in [7, 11) is 0. The predicted octanol–water partition coefficient (Wildman–Crippen LogP) is 2.22. The van der Waals surface area contributed by atoms with Crippen molar-refractivity contribution in [2.24, 2.45) is 0 Å². The summed E-state index contributed by atoms with van der Waals surface area (Å²) in [4.78, 5) is 0. The van der Waals surface area contributed by atoms with Crippen LogP contribution in [-0.2, 0) is 6.42 Å². The molecule has 4 heteroatoms. The molecule has 1 aromatic carbocycles. The number of alkyl halides is 1. The SMILES string of the molecule is ClCCNCCc1ccc2c(c1)OCCCO2. The fourth-order valence-electron chi connectivity index (χ4n) is 1.79. The van der Waals surface area contributed by atoms with Gasteiger partial charge in [-0.2, -0.15) is 0 Å². The van der Waals surface area contributed by atoms with Crippen LogP contribution in [0.3, 0.4) is 0 Å². The van der Waals surface area contributed by atoms with Gasteiger partial charge in [0.25, 0.3) is 0 Å². The first-order valence-corrected chi connectivity index (χ1v) is 6.59. The van der Waals surface area contributed by atoms with E-state index in [-0.39, 0.29) is 0 Å². The van der Waals surface area contributed by atoms with Crippen LogP contribution in [0.5, 0.6) is 11.5 Å². The Labute approximate surface area is 107 Å². The topological polar surface area (TPSA) is 30.5 Å². The summed E-state index contributed by atoms with van der Waals surface area (Å²) in [5.41, 5.74) is 1.26. The van der Waals surface area contributed by atoms with E-state index in [2.05, 4.69) is 17.4 Å². The summed E-state index contributed by atoms with van der Waals surface area (Å²) in [6.07, 6.45) is 1.93. The molecular weight excluding hydrogens is 238 g/mol. The van der Waals surface area contributed by atoms with Crippen molar-refractivity contribution in [3.8, 4) is 11.5 Å². The number of halogens is 1. The molecular formula is C13H18ClNO2. The van der Waals surface area contributed by atoms with Gasteiger partial charge in [-0.05, 0) is 30.7 Å². The Kier molecular flexibility index (Phi) is 4.95. The van der Waals surface area contributed by atoms with Gasteiger partial charge in [0.2, 0.25) is 0 Å². The molecule has 1 aliphatic heterocycles. The highest BCUT2D eigenvalue weighted by atomic mass is 35.5. The molecule has 0 atom stereocenters. The number of benzene rings is 1. The summed E-state index contributed by atoms with van der Waals surface area (Å²) in [6, 6.07) is 6.16. The molecule has 1 aliphatic rings. The van der Waals surface area contributed by atoms with Gasteiger partial charge in [-0.3, -0.25) is 0 Å². The lowest BCUT2D eigenvalue weighted by atomic mass is 10.1. The molecule has 1 aromatic rings. The van der Waals surface area contributed by atoms with Gasteiger partial charge in [-0.15, -0.1) is 11.6 Å². The van der Waals surface area contributed by atoms with Gasteiger partial charge < -0.3 is 14.8 Å². The van der Waals surface area contributed by atoms with E-state index in [0.717, 1.165) is 50.6 Å². The van der Waals surface area contributed by atoms with Crippen LogP contribution in [0, 0.1) is 0 Å². The van der Waals surface area contributed by atoms with Crippen molar-refractivity contribution in [1.82, 2.24) is 5.32 Å². The lowest BCUT2D eigenvalue weighted by Crippen LogP contribution is -2.19. The van der Waals surface area contributed by atoms with Crippen LogP contribution in [0.2, 0.25) is 0 Å². The Morgan fingerprint density at radius 2 is 1.94 bits per heavy atom. The fraction of sp³-hybridized carbons (Fsp3) is 0.538. The fourth-order valence-corrected chi connectivity index (χ4v) is 1.92. The third-order valence-electron chi connectivity index (χ3n) is 2.67. The van der Waals surface area contributed by atoms with E-state index in [1.165, 1.54) is 5.56 Å². The second-order valence-electron chi connectivity index (χ2n) is 4.02. The highest BCUT2D eigenvalue weighted by molar-refractivity contribution is 6.18. The lowest BCUT2D eigenvalue weighted by Gasteiger charge is -2.09. The van der Waals surface area contributed by atoms with Gasteiger partial charge in [0.15, 0.2) is 11.5 Å². The van der Waals surface area contributed by atoms with Crippen LogP contribution in [-0.4, -0.2) is 32.2 Å². The first kappa shape index (κ1) is 12.5. The predicted molar refractivity (Wildman–Crippen MR) is 69.3 cm³/mol. The lowest BCUT2D eigenvalue weighted by molar-refractivity contribution is 0.297. The second kappa shape index (κ2) is 6.72. The maximum absolute atomic E-state index is 5.65. The monoisotopic (exact) mass is 255 g/mol. The van der Waals surface area contributed by atoms with Crippen molar-refractivity contribution in [3.05, 3.63) is 23.8 Å². The summed E-state index contributed by atoms with van der Waals surface area (Å²) in [5, 5.41) is 3.27. The van der Waals surface area contributed by atoms with Crippen molar-refractivity contribution >= 4 is 11.6 Å². The normalized spacial score (nSPS) is 14.4. The van der Waals surface area contributed by atoms with E-state index >= 15 is 0 Å². The van der Waals surface area contributed by atoms with Crippen molar-refractivity contribution in [3.63, 3.8) is 0 Å². The minimum Gasteiger partial charge on any atom is -0.490 e. The Morgan fingerprint density at radius 3 is 2.76 bits per heavy atom. The average molecular weight is 256 g/mol. The molecule has 0 saturated carbocycles. The van der Waals surface area contributed by atoms with Crippen molar-refractivity contribution in [2.45, 2.75) is 12.8 Å². The summed E-state index contributed by atoms with van der Waals surface area (Å²) in [5.74, 6) is 2.39. The molecule has 0 unspecified atom stereocenters. The third kappa shape index (κ3) is 3.79. The van der Waals surface area contributed by atoms with Crippen LogP contribution in [0.4, 0.5) is 0 Å². The van der Waals surface area contributed by atoms with Gasteiger partial charge in [-0.25, -0.2) is 0 Å². The van der Waals surface area contributed by atoms with E-state index < -0.39 is 0 Å². The first-order valence-electron chi connectivity index (χ1n) is 6.05. The molecule has 94 valence electrons. The minimum absolute atomic E-state index is 0.654. The van der Waals surface area contributed by atoms with Crippen LogP contribution in [0.25, 0.3) is 0 Å². The van der Waals surface area contributed by atoms with Gasteiger partial charge in [0.05, 0.1) is 13.2 Å². The number of hydrogen-bond acceptors (Lipinski definition) is 3. The molecule has 3 nitrogen and oxygen atoms in total. The number of nitrogens with one attached hydrogen (secondary N) is 1. The van der Waals surface area contributed by atoms with E-state index in [1.807, 2.05) is 6.07 Å². The zero-order chi connectivity index (χ0) is 11.9. The molecule has 1 heterocycles. The van der Waals surface area contributed by atoms with Crippen LogP contribution in [0.15, 0.2) is 18.2 Å². The van der Waals surface area contributed by atoms with Gasteiger partial charge >= 0.3 is 0 Å². The van der Waals surface area contributed by atoms with Gasteiger partial charge in [0.1, 0.15) is 0 Å². The molecule has 0 saturated heterocycles. The van der Waals surface area contributed by atoms with Gasteiger partial charge in [-0.1, -0.05) is 6.07 Å². The molecule has 1 N–H and O–H groups in total. The van der Waals surface area contributed by atoms with Crippen LogP contribution >= 0.6 is 11.6 Å². The summed E-state index contributed by atoms with van der Waals surface area (Å²) in [6.45, 7) is 3.27. The first-order chi connectivity index (χ1) is 8.40. The van der Waals surface area contributed by atoms with E-state index in [9.17, 15) is 0 Å². The van der Waals surface area contributed by atoms with E-state index in [1.54, 1.807) is 0 Å². The third-order valence-corrected chi connectivity index (χ3v) is 2.86. The molecule has 0 bridgehead atoms. The van der Waals surface area contributed by atoms with Gasteiger partial charge in [0, 0.05) is 18.8 Å². The second-order valence-corrected chi connectivity index (χ2v) is 4.40. The molecule has 17 heavy (non-hydrogen) atoms. The zero-order valence-electron chi connectivity index (χ0n) is 9.88. The highest BCUT2D eigenvalue weighted by Gasteiger charge is 2.10. The van der Waals surface area contributed by atoms with Crippen LogP contribution < -0.4 is 14.8 Å². The summed E-state index contributed by atoms with van der Waals surface area (Å²) < 4.78 is 11.2. The Hall–Kier alpha value is -0.930. The molecule has 0 spiro atoms. The minimum atomic E-state index is 0.654. The van der Waals surface area contributed by atoms with Crippen molar-refractivity contribution < 1.29 is 9.47 Å². The Balaban J connectivity index is 1.93. The molecule has 0 aromatic heterocycles. The quantitative estimate of drug-likeness (QED) is 0.647. The zero-order valence-corrected chi connectivity index (χ0v) is 10.6. The average Bonchev–Trinajstić information content (AvgIpc) is 2.59. The number of ether oxygens (including phenoxy) is 2. The van der Waals surface area contributed by atoms with Crippen LogP contribution in [0.1, 0.15) is 12.0 Å². The maximum Gasteiger partial charge on any atom is 0.161 e. The number of hydrogen-bond donors (Lipinski definition) is 1. The van der Waals surface area contributed by atoms with E-state index in [0.29, 0.717) is 5.88 Å². The Bertz CT molecular complexity index is 357. The summed E-state index contributed by atoms with van der Waals surface area (Å²) >= 11 is 5.60. The van der Waals surface area contributed by atoms with E-state index in [4.69, 9.17) is 21.1 Å². The number of rotatable bonds is 5. The number of fused-ring (bicyclic) bond motifs is 1. The standard InChI is InChI=1S/C13H18ClNO2/c14-5-7-15-6-4-11-2-3-12-13(10-11)17-9-1-8-16-12/h2-3,10,15H,1,4-9H2. The van der Waals surface area contributed by atoms with Crippen molar-refractivity contribution in [1.29, 1.82) is 0 Å². The molecule has 0 radical (unpaired) electrons. The Morgan fingerprint density at radius 1 is 1.12 bits per heavy atom. The molecule has 0 aliphatic carbocycles. The molecule has 0 amide bonds. The molecule has 2 rings (SSSR count).